The first-order valence-corrected chi connectivity index (χ1v) is 10.3. The molecule has 0 aromatic heterocycles. The zero-order valence-electron chi connectivity index (χ0n) is 19.0. The van der Waals surface area contributed by atoms with Gasteiger partial charge in [0, 0.05) is 11.6 Å². The van der Waals surface area contributed by atoms with Crippen molar-refractivity contribution in [3.8, 4) is 11.5 Å². The molecule has 0 spiro atoms. The van der Waals surface area contributed by atoms with Crippen molar-refractivity contribution in [3.63, 3.8) is 0 Å². The summed E-state index contributed by atoms with van der Waals surface area (Å²) in [6.07, 6.45) is 1.67. The Morgan fingerprint density at radius 2 is 1.91 bits per heavy atom. The Labute approximate surface area is 192 Å². The predicted octanol–water partition coefficient (Wildman–Crippen LogP) is 2.97. The fourth-order valence-electron chi connectivity index (χ4n) is 2.98. The Balaban J connectivity index is 1.99. The summed E-state index contributed by atoms with van der Waals surface area (Å²) in [5, 5.41) is 17.7. The number of hydrazone groups is 1. The Hall–Kier alpha value is -3.95. The standard InChI is InChI=1S/C23H28N4O6/c1-15(2)11-18(25-22(28)14-33-20-8-6-5-7-16(20)3)23(29)26-24-13-17-9-10-21(32-4)19(12-17)27(30)31/h5-10,12-13,15,18H,11,14H2,1-4H3,(H,25,28)(H,26,29)/b24-13-/t18-/m0/s1. The molecule has 0 aliphatic carbocycles. The number of ether oxygens (including phenoxy) is 2. The highest BCUT2D eigenvalue weighted by Gasteiger charge is 2.22. The molecule has 0 aliphatic rings. The fourth-order valence-corrected chi connectivity index (χ4v) is 2.98. The van der Waals surface area contributed by atoms with Gasteiger partial charge < -0.3 is 14.8 Å². The van der Waals surface area contributed by atoms with Gasteiger partial charge in [0.05, 0.1) is 18.2 Å². The molecule has 0 radical (unpaired) electrons. The zero-order valence-corrected chi connectivity index (χ0v) is 19.0. The number of methoxy groups -OCH3 is 1. The van der Waals surface area contributed by atoms with Crippen molar-refractivity contribution in [2.24, 2.45) is 11.0 Å². The van der Waals surface area contributed by atoms with Gasteiger partial charge in [-0.3, -0.25) is 19.7 Å². The first kappa shape index (κ1) is 25.3. The third-order valence-electron chi connectivity index (χ3n) is 4.60. The predicted molar refractivity (Wildman–Crippen MR) is 123 cm³/mol. The summed E-state index contributed by atoms with van der Waals surface area (Å²) in [5.74, 6) is -0.0999. The van der Waals surface area contributed by atoms with Gasteiger partial charge in [-0.05, 0) is 43.0 Å². The van der Waals surface area contributed by atoms with Crippen LogP contribution >= 0.6 is 0 Å². The minimum atomic E-state index is -0.819. The highest BCUT2D eigenvalue weighted by atomic mass is 16.6. The summed E-state index contributed by atoms with van der Waals surface area (Å²) < 4.78 is 10.5. The molecule has 0 unspecified atom stereocenters. The third-order valence-corrected chi connectivity index (χ3v) is 4.60. The van der Waals surface area contributed by atoms with Gasteiger partial charge in [-0.25, -0.2) is 5.43 Å². The van der Waals surface area contributed by atoms with Crippen LogP contribution in [-0.2, 0) is 9.59 Å². The van der Waals surface area contributed by atoms with E-state index < -0.39 is 22.8 Å². The molecule has 0 bridgehead atoms. The molecule has 0 heterocycles. The summed E-state index contributed by atoms with van der Waals surface area (Å²) in [5.41, 5.74) is 3.46. The largest absolute Gasteiger partial charge is 0.490 e. The van der Waals surface area contributed by atoms with Crippen LogP contribution < -0.4 is 20.2 Å². The van der Waals surface area contributed by atoms with Gasteiger partial charge in [0.15, 0.2) is 12.4 Å². The van der Waals surface area contributed by atoms with Gasteiger partial charge in [-0.1, -0.05) is 32.0 Å². The normalized spacial score (nSPS) is 11.8. The quantitative estimate of drug-likeness (QED) is 0.303. The molecular weight excluding hydrogens is 428 g/mol. The summed E-state index contributed by atoms with van der Waals surface area (Å²) in [6, 6.07) is 10.8. The lowest BCUT2D eigenvalue weighted by molar-refractivity contribution is -0.385. The maximum absolute atomic E-state index is 12.6. The van der Waals surface area contributed by atoms with Crippen molar-refractivity contribution in [1.82, 2.24) is 10.7 Å². The Morgan fingerprint density at radius 3 is 2.55 bits per heavy atom. The number of hydrogen-bond acceptors (Lipinski definition) is 7. The molecule has 2 aromatic carbocycles. The van der Waals surface area contributed by atoms with E-state index in [0.717, 1.165) is 5.56 Å². The van der Waals surface area contributed by atoms with Crippen LogP contribution in [0.4, 0.5) is 5.69 Å². The van der Waals surface area contributed by atoms with Crippen LogP contribution in [0.25, 0.3) is 0 Å². The number of rotatable bonds is 11. The second-order valence-corrected chi connectivity index (χ2v) is 7.73. The van der Waals surface area contributed by atoms with Gasteiger partial charge >= 0.3 is 5.69 Å². The maximum atomic E-state index is 12.6. The number of amides is 2. The van der Waals surface area contributed by atoms with Crippen LogP contribution in [0.2, 0.25) is 0 Å². The monoisotopic (exact) mass is 456 g/mol. The molecule has 0 fully saturated rings. The molecule has 0 saturated carbocycles. The van der Waals surface area contributed by atoms with Crippen LogP contribution in [0, 0.1) is 23.0 Å². The van der Waals surface area contributed by atoms with Crippen LogP contribution in [0.1, 0.15) is 31.4 Å². The van der Waals surface area contributed by atoms with Crippen LogP contribution in [-0.4, -0.2) is 42.7 Å². The van der Waals surface area contributed by atoms with E-state index in [0.29, 0.717) is 17.7 Å². The smallest absolute Gasteiger partial charge is 0.311 e. The minimum absolute atomic E-state index is 0.119. The number of nitrogens with zero attached hydrogens (tertiary/aromatic N) is 2. The van der Waals surface area contributed by atoms with Crippen LogP contribution in [0.5, 0.6) is 11.5 Å². The molecule has 0 aliphatic heterocycles. The number of aryl methyl sites for hydroxylation is 1. The summed E-state index contributed by atoms with van der Waals surface area (Å²) in [6.45, 7) is 5.50. The lowest BCUT2D eigenvalue weighted by atomic mass is 10.0. The van der Waals surface area contributed by atoms with E-state index in [4.69, 9.17) is 9.47 Å². The fraction of sp³-hybridized carbons (Fsp3) is 0.348. The zero-order chi connectivity index (χ0) is 24.4. The number of para-hydroxylation sites is 1. The number of nitrogens with one attached hydrogen (secondary N) is 2. The van der Waals surface area contributed by atoms with E-state index in [2.05, 4.69) is 15.8 Å². The second kappa shape index (κ2) is 12.2. The molecule has 10 nitrogen and oxygen atoms in total. The Morgan fingerprint density at radius 1 is 1.18 bits per heavy atom. The van der Waals surface area contributed by atoms with E-state index >= 15 is 0 Å². The molecular formula is C23H28N4O6. The minimum Gasteiger partial charge on any atom is -0.490 e. The third kappa shape index (κ3) is 7.91. The number of carbonyl (C=O) groups is 2. The van der Waals surface area contributed by atoms with E-state index in [-0.39, 0.29) is 24.0 Å². The molecule has 0 saturated heterocycles. The second-order valence-electron chi connectivity index (χ2n) is 7.73. The molecule has 33 heavy (non-hydrogen) atoms. The lowest BCUT2D eigenvalue weighted by Gasteiger charge is -2.19. The molecule has 1 atom stereocenters. The molecule has 10 heteroatoms. The van der Waals surface area contributed by atoms with Gasteiger partial charge in [0.2, 0.25) is 0 Å². The topological polar surface area (TPSA) is 132 Å². The van der Waals surface area contributed by atoms with Gasteiger partial charge in [0.1, 0.15) is 11.8 Å². The van der Waals surface area contributed by atoms with E-state index in [1.165, 1.54) is 25.5 Å². The number of nitro groups is 1. The van der Waals surface area contributed by atoms with Gasteiger partial charge in [0.25, 0.3) is 11.8 Å². The van der Waals surface area contributed by atoms with Crippen molar-refractivity contribution in [2.75, 3.05) is 13.7 Å². The molecule has 2 rings (SSSR count). The van der Waals surface area contributed by atoms with Crippen molar-refractivity contribution >= 4 is 23.7 Å². The molecule has 2 N–H and O–H groups in total. The first-order valence-electron chi connectivity index (χ1n) is 10.3. The van der Waals surface area contributed by atoms with Crippen LogP contribution in [0.3, 0.4) is 0 Å². The van der Waals surface area contributed by atoms with Crippen molar-refractivity contribution in [3.05, 3.63) is 63.7 Å². The molecule has 176 valence electrons. The highest BCUT2D eigenvalue weighted by molar-refractivity contribution is 5.89. The van der Waals surface area contributed by atoms with Crippen molar-refractivity contribution in [2.45, 2.75) is 33.2 Å². The highest BCUT2D eigenvalue weighted by Crippen LogP contribution is 2.26. The Kier molecular flexibility index (Phi) is 9.34. The maximum Gasteiger partial charge on any atom is 0.311 e. The van der Waals surface area contributed by atoms with Gasteiger partial charge in [-0.2, -0.15) is 5.10 Å². The average Bonchev–Trinajstić information content (AvgIpc) is 2.77. The van der Waals surface area contributed by atoms with E-state index in [1.807, 2.05) is 39.0 Å². The summed E-state index contributed by atoms with van der Waals surface area (Å²) in [7, 11) is 1.34. The first-order chi connectivity index (χ1) is 15.7. The molecule has 2 amide bonds. The number of hydrogen-bond donors (Lipinski definition) is 2. The van der Waals surface area contributed by atoms with Gasteiger partial charge in [-0.15, -0.1) is 0 Å². The summed E-state index contributed by atoms with van der Waals surface area (Å²) in [4.78, 5) is 35.5. The van der Waals surface area contributed by atoms with E-state index in [9.17, 15) is 19.7 Å². The molecule has 2 aromatic rings. The lowest BCUT2D eigenvalue weighted by Crippen LogP contribution is -2.47. The number of benzene rings is 2. The average molecular weight is 456 g/mol. The number of carbonyl (C=O) groups excluding carboxylic acids is 2. The van der Waals surface area contributed by atoms with Crippen LogP contribution in [0.15, 0.2) is 47.6 Å². The number of nitro benzene ring substituents is 1. The van der Waals surface area contributed by atoms with Crippen molar-refractivity contribution in [1.29, 1.82) is 0 Å². The van der Waals surface area contributed by atoms with E-state index in [1.54, 1.807) is 12.1 Å². The summed E-state index contributed by atoms with van der Waals surface area (Å²) >= 11 is 0. The SMILES string of the molecule is COc1ccc(/C=N\NC(=O)[C@H](CC(C)C)NC(=O)COc2ccccc2C)cc1[N+](=O)[O-]. The Bertz CT molecular complexity index is 1020. The van der Waals surface area contributed by atoms with Crippen molar-refractivity contribution < 1.29 is 24.0 Å².